The second-order valence-electron chi connectivity index (χ2n) is 28.1. The molecule has 3 aliphatic rings. The third-order valence-corrected chi connectivity index (χ3v) is 19.5. The van der Waals surface area contributed by atoms with Crippen LogP contribution in [0.2, 0.25) is 0 Å². The van der Waals surface area contributed by atoms with Crippen LogP contribution >= 0.6 is 0 Å². The lowest BCUT2D eigenvalue weighted by Crippen LogP contribution is -2.66. The molecule has 3 saturated heterocycles. The fourth-order valence-electron chi connectivity index (χ4n) is 13.1. The molecule has 12 N–H and O–H groups in total. The van der Waals surface area contributed by atoms with Crippen molar-refractivity contribution in [3.8, 4) is 0 Å². The summed E-state index contributed by atoms with van der Waals surface area (Å²) in [7, 11) is 0. The summed E-state index contributed by atoms with van der Waals surface area (Å²) in [6, 6.07) is -0.990. The van der Waals surface area contributed by atoms with E-state index in [2.05, 4.69) is 79.9 Å². The molecule has 0 aromatic heterocycles. The van der Waals surface area contributed by atoms with Crippen LogP contribution in [0.3, 0.4) is 0 Å². The summed E-state index contributed by atoms with van der Waals surface area (Å²) < 4.78 is 34.4. The van der Waals surface area contributed by atoms with Gasteiger partial charge in [-0.2, -0.15) is 0 Å². The Morgan fingerprint density at radius 1 is 0.374 bits per heavy atom. The smallest absolute Gasteiger partial charge is 0.220 e. The van der Waals surface area contributed by atoms with E-state index >= 15 is 0 Å². The molecule has 3 aliphatic heterocycles. The predicted octanol–water partition coefficient (Wildman–Crippen LogP) is 12.8. The average Bonchev–Trinajstić information content (AvgIpc) is 0.784. The van der Waals surface area contributed by atoms with Gasteiger partial charge in [-0.3, -0.25) is 4.79 Å². The quantitative estimate of drug-likeness (QED) is 0.0199. The fraction of sp³-hybridized carbons (Fsp3) is 0.838. The molecule has 0 radical (unpaired) electrons. The normalized spacial score (nSPS) is 27.0. The Morgan fingerprint density at radius 2 is 0.707 bits per heavy atom. The third-order valence-electron chi connectivity index (χ3n) is 19.5. The minimum atomic E-state index is -1.98. The lowest BCUT2D eigenvalue weighted by atomic mass is 9.96. The summed E-state index contributed by atoms with van der Waals surface area (Å²) in [6.07, 6.45) is 52.1. The summed E-state index contributed by atoms with van der Waals surface area (Å²) >= 11 is 0. The Bertz CT molecular complexity index is 2070. The Balaban J connectivity index is 1.30. The second-order valence-corrected chi connectivity index (χ2v) is 28.1. The number of amides is 1. The zero-order valence-corrected chi connectivity index (χ0v) is 61.5. The molecule has 1 amide bonds. The number of allylic oxidation sites excluding steroid dienone is 11. The van der Waals surface area contributed by atoms with Crippen LogP contribution in [0.4, 0.5) is 0 Å². The Hall–Kier alpha value is -2.77. The van der Waals surface area contributed by atoms with Gasteiger partial charge in [-0.25, -0.2) is 0 Å². The van der Waals surface area contributed by atoms with Crippen LogP contribution in [-0.4, -0.2) is 193 Å². The van der Waals surface area contributed by atoms with Crippen LogP contribution in [0.5, 0.6) is 0 Å². The Morgan fingerprint density at radius 3 is 1.13 bits per heavy atom. The van der Waals surface area contributed by atoms with E-state index in [0.717, 1.165) is 64.2 Å². The van der Waals surface area contributed by atoms with Gasteiger partial charge in [0.25, 0.3) is 0 Å². The van der Waals surface area contributed by atoms with Crippen LogP contribution in [0.15, 0.2) is 72.9 Å². The maximum atomic E-state index is 13.4. The SMILES string of the molecule is CC/C=C\C/C=C\C/C=C\C/C=C\CCCCCCCCCCCCCCCCCCCCCCCCCCCCC(=O)NC(COC1OC(CO)C(OC2OC(CO)C(OC3OC(CO)C(O)C(O)C3O)C(O)C2O)C(O)C1O)C(O)/C=C/CC/C=C/CCCCCCCCCCC. The third kappa shape index (κ3) is 40.9. The van der Waals surface area contributed by atoms with Crippen molar-refractivity contribution in [2.45, 2.75) is 401 Å². The molecular weight excluding hydrogens is 1260 g/mol. The monoisotopic (exact) mass is 1410 g/mol. The summed E-state index contributed by atoms with van der Waals surface area (Å²) in [5.74, 6) is -0.282. The van der Waals surface area contributed by atoms with Crippen molar-refractivity contribution < 1.29 is 89.4 Å². The summed E-state index contributed by atoms with van der Waals surface area (Å²) in [4.78, 5) is 13.4. The zero-order chi connectivity index (χ0) is 71.8. The van der Waals surface area contributed by atoms with Crippen LogP contribution < -0.4 is 5.32 Å². The van der Waals surface area contributed by atoms with Gasteiger partial charge in [-0.1, -0.05) is 292 Å². The Kier molecular flexibility index (Phi) is 55.3. The molecule has 17 unspecified atom stereocenters. The molecule has 0 saturated carbocycles. The molecule has 576 valence electrons. The highest BCUT2D eigenvalue weighted by atomic mass is 16.8. The van der Waals surface area contributed by atoms with E-state index in [1.54, 1.807) is 6.08 Å². The number of unbranched alkanes of at least 4 members (excludes halogenated alkanes) is 36. The number of carbonyl (C=O) groups excluding carboxylic acids is 1. The largest absolute Gasteiger partial charge is 0.394 e. The first-order chi connectivity index (χ1) is 48.3. The highest BCUT2D eigenvalue weighted by Crippen LogP contribution is 2.33. The van der Waals surface area contributed by atoms with Crippen LogP contribution in [-0.2, 0) is 33.2 Å². The molecule has 0 bridgehead atoms. The van der Waals surface area contributed by atoms with E-state index in [0.29, 0.717) is 12.8 Å². The molecule has 19 heteroatoms. The van der Waals surface area contributed by atoms with Crippen LogP contribution in [0.25, 0.3) is 0 Å². The van der Waals surface area contributed by atoms with Gasteiger partial charge < -0.3 is 89.9 Å². The topological polar surface area (TPSA) is 307 Å². The molecule has 0 aliphatic carbocycles. The molecular formula is C80H143NO18. The molecule has 19 nitrogen and oxygen atoms in total. The van der Waals surface area contributed by atoms with Crippen molar-refractivity contribution >= 4 is 5.91 Å². The molecule has 17 atom stereocenters. The number of ether oxygens (including phenoxy) is 6. The molecule has 3 fully saturated rings. The van der Waals surface area contributed by atoms with Crippen molar-refractivity contribution in [2.75, 3.05) is 26.4 Å². The molecule has 0 spiro atoms. The molecule has 3 heterocycles. The molecule has 0 aromatic rings. The van der Waals surface area contributed by atoms with Crippen molar-refractivity contribution in [1.29, 1.82) is 0 Å². The fourth-order valence-corrected chi connectivity index (χ4v) is 13.1. The van der Waals surface area contributed by atoms with E-state index in [1.807, 2.05) is 6.08 Å². The summed E-state index contributed by atoms with van der Waals surface area (Å²) in [5, 5.41) is 121. The van der Waals surface area contributed by atoms with Crippen molar-refractivity contribution in [3.63, 3.8) is 0 Å². The van der Waals surface area contributed by atoms with Crippen LogP contribution in [0, 0.1) is 0 Å². The predicted molar refractivity (Wildman–Crippen MR) is 392 cm³/mol. The summed E-state index contributed by atoms with van der Waals surface area (Å²) in [6.45, 7) is 1.61. The van der Waals surface area contributed by atoms with E-state index in [4.69, 9.17) is 28.4 Å². The van der Waals surface area contributed by atoms with Crippen molar-refractivity contribution in [1.82, 2.24) is 5.32 Å². The maximum Gasteiger partial charge on any atom is 0.220 e. The highest BCUT2D eigenvalue weighted by Gasteiger charge is 2.53. The van der Waals surface area contributed by atoms with E-state index in [1.165, 1.54) is 199 Å². The first-order valence-electron chi connectivity index (χ1n) is 39.7. The molecule has 3 rings (SSSR count). The first kappa shape index (κ1) is 90.4. The number of aliphatic hydroxyl groups is 11. The van der Waals surface area contributed by atoms with E-state index < -0.39 is 124 Å². The Labute approximate surface area is 598 Å². The number of carbonyl (C=O) groups is 1. The first-order valence-corrected chi connectivity index (χ1v) is 39.7. The van der Waals surface area contributed by atoms with Gasteiger partial charge >= 0.3 is 0 Å². The van der Waals surface area contributed by atoms with Gasteiger partial charge in [0, 0.05) is 6.42 Å². The molecule has 99 heavy (non-hydrogen) atoms. The van der Waals surface area contributed by atoms with E-state index in [9.17, 15) is 61.0 Å². The van der Waals surface area contributed by atoms with Gasteiger partial charge in [0.15, 0.2) is 18.9 Å². The lowest BCUT2D eigenvalue weighted by Gasteiger charge is -2.48. The standard InChI is InChI=1S/C80H143NO18/c1-3-5-7-9-11-13-15-17-19-20-21-22-23-24-25-26-27-28-29-30-31-32-33-34-35-36-37-38-39-40-41-42-44-46-48-50-52-54-56-58-68(86)81-63(64(85)57-55-53-51-49-47-45-43-18-16-14-12-10-8-6-4-2)62-94-78-74(92)71(89)76(66(60-83)96-78)99-80-75(93)72(90)77(67(61-84)97-80)98-79-73(91)70(88)69(87)65(59-82)95-79/h5,7,11,13,17,19,21-22,47,49,55,57,63-67,69-80,82-85,87-93H,3-4,6,8-10,12,14-16,18,20,23-46,48,50-54,56,58-62H2,1-2H3,(H,81,86)/b7-5-,13-11-,19-17-,22-21-,49-47+,57-55+. The van der Waals surface area contributed by atoms with Crippen LogP contribution in [0.1, 0.15) is 296 Å². The number of nitrogens with one attached hydrogen (secondary N) is 1. The van der Waals surface area contributed by atoms with Gasteiger partial charge in [0.2, 0.25) is 5.91 Å². The second kappa shape index (κ2) is 60.5. The van der Waals surface area contributed by atoms with Gasteiger partial charge in [-0.05, 0) is 70.6 Å². The number of aliphatic hydroxyl groups excluding tert-OH is 11. The average molecular weight is 1410 g/mol. The highest BCUT2D eigenvalue weighted by molar-refractivity contribution is 5.76. The van der Waals surface area contributed by atoms with Gasteiger partial charge in [-0.15, -0.1) is 0 Å². The summed E-state index contributed by atoms with van der Waals surface area (Å²) in [5.41, 5.74) is 0. The molecule has 0 aromatic carbocycles. The van der Waals surface area contributed by atoms with E-state index in [-0.39, 0.29) is 18.9 Å². The maximum absolute atomic E-state index is 13.4. The van der Waals surface area contributed by atoms with Crippen molar-refractivity contribution in [2.24, 2.45) is 0 Å². The minimum Gasteiger partial charge on any atom is -0.394 e. The number of hydrogen-bond donors (Lipinski definition) is 12. The van der Waals surface area contributed by atoms with Gasteiger partial charge in [0.05, 0.1) is 38.6 Å². The van der Waals surface area contributed by atoms with Crippen molar-refractivity contribution in [3.05, 3.63) is 72.9 Å². The number of rotatable bonds is 62. The lowest BCUT2D eigenvalue weighted by molar-refractivity contribution is -0.379. The number of hydrogen-bond acceptors (Lipinski definition) is 18. The van der Waals surface area contributed by atoms with Gasteiger partial charge in [0.1, 0.15) is 73.2 Å². The minimum absolute atomic E-state index is 0.237. The zero-order valence-electron chi connectivity index (χ0n) is 61.5.